The summed E-state index contributed by atoms with van der Waals surface area (Å²) in [6.45, 7) is 0.656. The van der Waals surface area contributed by atoms with Gasteiger partial charge >= 0.3 is 0 Å². The van der Waals surface area contributed by atoms with Crippen molar-refractivity contribution in [3.8, 4) is 51.6 Å². The maximum atomic E-state index is 9.90. The molecule has 12 aromatic rings. The number of benzene rings is 12. The molecule has 0 aliphatic carbocycles. The van der Waals surface area contributed by atoms with Gasteiger partial charge in [-0.1, -0.05) is 198 Å². The van der Waals surface area contributed by atoms with Crippen molar-refractivity contribution >= 4 is 120 Å². The average molecular weight is 1060 g/mol. The van der Waals surface area contributed by atoms with Gasteiger partial charge in [-0.05, 0) is 157 Å². The molecule has 0 spiro atoms. The van der Waals surface area contributed by atoms with E-state index in [9.17, 15) is 15.8 Å². The maximum absolute atomic E-state index is 9.90. The standard InChI is InChI=1S/3C25H15BN2/c27-16-17-12-14-18(15-13-17)28-23-10-4-3-9-22(23)26-21-8-2-1-6-19(21)20-7-5-11-24(28)25(20)26;27-16-17-8-6-14-22-25(17)28(18-9-2-1-3-10-18)23-15-7-12-20-19-11-4-5-13-21(19)26(22)24(20)23;27-16-17-13-14-22-24(15-17)28(18-7-2-1-3-8-18)23-12-6-10-20-19-9-4-5-11-21(19)26(22)25(20)23/h3*1-15H. The van der Waals surface area contributed by atoms with Gasteiger partial charge in [-0.25, -0.2) is 0 Å². The molecular weight excluding hydrogens is 1020 g/mol. The summed E-state index contributed by atoms with van der Waals surface area (Å²) < 4.78 is 0. The van der Waals surface area contributed by atoms with E-state index in [1.165, 1.54) is 105 Å². The van der Waals surface area contributed by atoms with Crippen LogP contribution in [0.25, 0.3) is 33.4 Å². The number of para-hydroxylation sites is 4. The second-order valence-corrected chi connectivity index (χ2v) is 21.9. The summed E-state index contributed by atoms with van der Waals surface area (Å²) in [6, 6.07) is 102. The van der Waals surface area contributed by atoms with E-state index in [0.29, 0.717) is 16.7 Å². The van der Waals surface area contributed by atoms with Crippen LogP contribution in [0.15, 0.2) is 273 Å². The Morgan fingerprint density at radius 3 is 1.14 bits per heavy atom. The molecule has 0 amide bonds. The lowest BCUT2D eigenvalue weighted by molar-refractivity contribution is 1.28. The summed E-state index contributed by atoms with van der Waals surface area (Å²) in [5.41, 5.74) is 32.1. The first-order valence-electron chi connectivity index (χ1n) is 28.4. The molecular formula is C75H45B3N6. The fourth-order valence-corrected chi connectivity index (χ4v) is 14.4. The lowest BCUT2D eigenvalue weighted by atomic mass is 9.37. The Bertz CT molecular complexity index is 4830. The summed E-state index contributed by atoms with van der Waals surface area (Å²) in [6.07, 6.45) is 0. The molecule has 18 rings (SSSR count). The first-order valence-corrected chi connectivity index (χ1v) is 28.4. The molecule has 0 radical (unpaired) electrons. The number of rotatable bonds is 3. The van der Waals surface area contributed by atoms with Gasteiger partial charge in [-0.3, -0.25) is 0 Å². The highest BCUT2D eigenvalue weighted by Gasteiger charge is 2.45. The summed E-state index contributed by atoms with van der Waals surface area (Å²) in [7, 11) is 0. The Morgan fingerprint density at radius 2 is 0.619 bits per heavy atom. The first kappa shape index (κ1) is 48.6. The van der Waals surface area contributed by atoms with Crippen LogP contribution >= 0.6 is 0 Å². The third kappa shape index (κ3) is 7.25. The SMILES string of the molecule is N#Cc1ccc(N2c3ccccc3B3c4ccccc4-c4cccc2c43)cc1.N#Cc1ccc2c(c1)N(c1ccccc1)c1cccc3c1B2c1ccccc1-3.N#Cc1cccc2c1N(c1ccccc1)c1cccc3c1B2c1ccccc1-3. The summed E-state index contributed by atoms with van der Waals surface area (Å²) in [4.78, 5) is 6.89. The van der Waals surface area contributed by atoms with Crippen LogP contribution in [-0.4, -0.2) is 20.1 Å². The van der Waals surface area contributed by atoms with Crippen molar-refractivity contribution in [1.82, 2.24) is 0 Å². The van der Waals surface area contributed by atoms with E-state index in [0.717, 1.165) is 28.4 Å². The molecule has 6 aliphatic heterocycles. The molecule has 0 aromatic heterocycles. The second kappa shape index (κ2) is 19.5. The van der Waals surface area contributed by atoms with Crippen LogP contribution < -0.4 is 63.9 Å². The Morgan fingerprint density at radius 1 is 0.250 bits per heavy atom. The van der Waals surface area contributed by atoms with Crippen LogP contribution in [0.5, 0.6) is 0 Å². The predicted octanol–water partition coefficient (Wildman–Crippen LogP) is 11.5. The topological polar surface area (TPSA) is 81.1 Å². The number of fused-ring (bicyclic) bond motifs is 15. The van der Waals surface area contributed by atoms with Crippen molar-refractivity contribution in [2.75, 3.05) is 14.7 Å². The van der Waals surface area contributed by atoms with Crippen LogP contribution in [0, 0.1) is 34.0 Å². The number of hydrogen-bond acceptors (Lipinski definition) is 6. The highest BCUT2D eigenvalue weighted by atomic mass is 15.2. The van der Waals surface area contributed by atoms with Gasteiger partial charge in [0.2, 0.25) is 20.1 Å². The summed E-state index contributed by atoms with van der Waals surface area (Å²) in [5, 5.41) is 28.6. The van der Waals surface area contributed by atoms with E-state index < -0.39 is 0 Å². The quantitative estimate of drug-likeness (QED) is 0.164. The van der Waals surface area contributed by atoms with Crippen molar-refractivity contribution in [1.29, 1.82) is 15.8 Å². The zero-order chi connectivity index (χ0) is 56.0. The average Bonchev–Trinajstić information content (AvgIpc) is 1.88. The van der Waals surface area contributed by atoms with Crippen molar-refractivity contribution in [3.05, 3.63) is 290 Å². The van der Waals surface area contributed by atoms with E-state index in [4.69, 9.17) is 0 Å². The molecule has 0 bridgehead atoms. The molecule has 6 aliphatic rings. The normalized spacial score (nSPS) is 12.8. The van der Waals surface area contributed by atoms with Crippen molar-refractivity contribution in [3.63, 3.8) is 0 Å². The summed E-state index contributed by atoms with van der Waals surface area (Å²) in [5.74, 6) is 0. The number of nitrogens with zero attached hydrogens (tertiary/aromatic N) is 6. The van der Waals surface area contributed by atoms with Gasteiger partial charge in [0.1, 0.15) is 6.07 Å². The Kier molecular flexibility index (Phi) is 11.3. The third-order valence-corrected chi connectivity index (χ3v) is 17.7. The minimum atomic E-state index is 0.172. The summed E-state index contributed by atoms with van der Waals surface area (Å²) >= 11 is 0. The molecule has 0 saturated heterocycles. The molecule has 9 heteroatoms. The van der Waals surface area contributed by atoms with Gasteiger partial charge in [0.15, 0.2) is 0 Å². The largest absolute Gasteiger partial charge is 0.311 e. The van der Waals surface area contributed by atoms with Gasteiger partial charge in [-0.15, -0.1) is 0 Å². The molecule has 0 saturated carbocycles. The molecule has 6 heterocycles. The molecule has 0 unspecified atom stereocenters. The van der Waals surface area contributed by atoms with Crippen molar-refractivity contribution in [2.24, 2.45) is 0 Å². The highest BCUT2D eigenvalue weighted by Crippen LogP contribution is 2.44. The molecule has 0 fully saturated rings. The first-order chi connectivity index (χ1) is 41.6. The van der Waals surface area contributed by atoms with Crippen LogP contribution in [0.1, 0.15) is 16.7 Å². The molecule has 384 valence electrons. The number of hydrogen-bond donors (Lipinski definition) is 0. The molecule has 6 nitrogen and oxygen atoms in total. The fraction of sp³-hybridized carbons (Fsp3) is 0. The zero-order valence-corrected chi connectivity index (χ0v) is 45.4. The van der Waals surface area contributed by atoms with Crippen molar-refractivity contribution in [2.45, 2.75) is 0 Å². The lowest BCUT2D eigenvalue weighted by Crippen LogP contribution is -2.54. The monoisotopic (exact) mass is 1060 g/mol. The van der Waals surface area contributed by atoms with E-state index in [1.807, 2.05) is 72.8 Å². The van der Waals surface area contributed by atoms with Crippen LogP contribution in [0.2, 0.25) is 0 Å². The number of anilines is 9. The van der Waals surface area contributed by atoms with Gasteiger partial charge in [0.25, 0.3) is 0 Å². The Hall–Kier alpha value is -11.3. The number of nitriles is 3. The van der Waals surface area contributed by atoms with E-state index in [-0.39, 0.29) is 20.1 Å². The van der Waals surface area contributed by atoms with Crippen molar-refractivity contribution < 1.29 is 0 Å². The zero-order valence-electron chi connectivity index (χ0n) is 45.4. The van der Waals surface area contributed by atoms with Gasteiger partial charge < -0.3 is 14.7 Å². The molecule has 0 N–H and O–H groups in total. The predicted molar refractivity (Wildman–Crippen MR) is 348 cm³/mol. The second-order valence-electron chi connectivity index (χ2n) is 21.9. The Labute approximate surface area is 489 Å². The van der Waals surface area contributed by atoms with E-state index >= 15 is 0 Å². The molecule has 84 heavy (non-hydrogen) atoms. The maximum Gasteiger partial charge on any atom is 0.248 e. The van der Waals surface area contributed by atoms with E-state index in [1.54, 1.807) is 0 Å². The van der Waals surface area contributed by atoms with Gasteiger partial charge in [0.05, 0.1) is 34.5 Å². The minimum absolute atomic E-state index is 0.172. The highest BCUT2D eigenvalue weighted by molar-refractivity contribution is 7.03. The van der Waals surface area contributed by atoms with E-state index in [2.05, 4.69) is 233 Å². The van der Waals surface area contributed by atoms with Crippen LogP contribution in [0.3, 0.4) is 0 Å². The smallest absolute Gasteiger partial charge is 0.248 e. The fourth-order valence-electron chi connectivity index (χ4n) is 14.4. The van der Waals surface area contributed by atoms with Gasteiger partial charge in [0, 0.05) is 45.5 Å². The molecule has 12 aromatic carbocycles. The minimum Gasteiger partial charge on any atom is -0.311 e. The molecule has 0 atom stereocenters. The third-order valence-electron chi connectivity index (χ3n) is 17.7. The van der Waals surface area contributed by atoms with Crippen LogP contribution in [0.4, 0.5) is 51.2 Å². The van der Waals surface area contributed by atoms with Crippen LogP contribution in [-0.2, 0) is 0 Å². The van der Waals surface area contributed by atoms with Gasteiger partial charge in [-0.2, -0.15) is 15.8 Å². The lowest BCUT2D eigenvalue weighted by Gasteiger charge is -2.36. The Balaban J connectivity index is 0.000000103.